The van der Waals surface area contributed by atoms with Crippen LogP contribution in [0.15, 0.2) is 33.6 Å². The molecule has 1 atom stereocenters. The molecule has 4 heteroatoms. The lowest BCUT2D eigenvalue weighted by Gasteiger charge is -2.12. The van der Waals surface area contributed by atoms with Crippen LogP contribution in [0.1, 0.15) is 13.3 Å². The van der Waals surface area contributed by atoms with Gasteiger partial charge in [0.1, 0.15) is 0 Å². The summed E-state index contributed by atoms with van der Waals surface area (Å²) in [7, 11) is 0. The molecule has 86 valence electrons. The van der Waals surface area contributed by atoms with Crippen LogP contribution in [-0.4, -0.2) is 11.8 Å². The highest BCUT2D eigenvalue weighted by atomic mass is 79.9. The molecule has 16 heavy (non-hydrogen) atoms. The van der Waals surface area contributed by atoms with Crippen molar-refractivity contribution in [2.75, 3.05) is 5.75 Å². The van der Waals surface area contributed by atoms with Crippen LogP contribution in [0.25, 0.3) is 0 Å². The summed E-state index contributed by atoms with van der Waals surface area (Å²) < 4.78 is 1.10. The standard InChI is InChI=1S/C12H15BrN2S/c1-2-3-6-11(15-14)9-16-12-7-4-5-10(13)8-12/h4-5,7-8,11,15H,6,9,14H2,1H3. The molecule has 0 saturated carbocycles. The highest BCUT2D eigenvalue weighted by molar-refractivity contribution is 9.10. The van der Waals surface area contributed by atoms with Crippen molar-refractivity contribution in [3.05, 3.63) is 28.7 Å². The summed E-state index contributed by atoms with van der Waals surface area (Å²) >= 11 is 5.23. The van der Waals surface area contributed by atoms with Gasteiger partial charge in [-0.3, -0.25) is 11.3 Å². The number of hydrogen-bond acceptors (Lipinski definition) is 3. The minimum absolute atomic E-state index is 0.233. The Morgan fingerprint density at radius 1 is 1.56 bits per heavy atom. The van der Waals surface area contributed by atoms with Crippen molar-refractivity contribution in [3.8, 4) is 11.8 Å². The Hall–Kier alpha value is -0.470. The van der Waals surface area contributed by atoms with Crippen LogP contribution >= 0.6 is 27.7 Å². The first-order valence-electron chi connectivity index (χ1n) is 5.00. The Labute approximate surface area is 109 Å². The van der Waals surface area contributed by atoms with Crippen molar-refractivity contribution in [3.63, 3.8) is 0 Å². The van der Waals surface area contributed by atoms with E-state index in [2.05, 4.69) is 45.3 Å². The third-order valence-electron chi connectivity index (χ3n) is 2.01. The average Bonchev–Trinajstić information content (AvgIpc) is 2.29. The zero-order valence-electron chi connectivity index (χ0n) is 9.16. The molecular weight excluding hydrogens is 284 g/mol. The number of benzene rings is 1. The second kappa shape index (κ2) is 7.75. The third kappa shape index (κ3) is 5.04. The van der Waals surface area contributed by atoms with Gasteiger partial charge in [0, 0.05) is 27.6 Å². The Bertz CT molecular complexity index is 384. The van der Waals surface area contributed by atoms with E-state index in [0.29, 0.717) is 0 Å². The van der Waals surface area contributed by atoms with Crippen molar-refractivity contribution < 1.29 is 0 Å². The molecule has 3 N–H and O–H groups in total. The van der Waals surface area contributed by atoms with E-state index in [1.165, 1.54) is 4.90 Å². The van der Waals surface area contributed by atoms with Gasteiger partial charge in [-0.2, -0.15) is 0 Å². The smallest absolute Gasteiger partial charge is 0.0413 e. The Morgan fingerprint density at radius 2 is 2.38 bits per heavy atom. The largest absolute Gasteiger partial charge is 0.271 e. The van der Waals surface area contributed by atoms with Gasteiger partial charge in [-0.1, -0.05) is 22.0 Å². The number of hydrazine groups is 1. The molecule has 0 amide bonds. The Kier molecular flexibility index (Phi) is 6.58. The van der Waals surface area contributed by atoms with Gasteiger partial charge in [-0.15, -0.1) is 23.6 Å². The fourth-order valence-electron chi connectivity index (χ4n) is 1.14. The quantitative estimate of drug-likeness (QED) is 0.380. The van der Waals surface area contributed by atoms with Gasteiger partial charge in [0.2, 0.25) is 0 Å². The third-order valence-corrected chi connectivity index (χ3v) is 3.66. The van der Waals surface area contributed by atoms with E-state index >= 15 is 0 Å². The van der Waals surface area contributed by atoms with Crippen LogP contribution in [0.4, 0.5) is 0 Å². The lowest BCUT2D eigenvalue weighted by atomic mass is 10.2. The van der Waals surface area contributed by atoms with Crippen LogP contribution in [0.5, 0.6) is 0 Å². The van der Waals surface area contributed by atoms with Gasteiger partial charge in [0.25, 0.3) is 0 Å². The molecule has 0 fully saturated rings. The van der Waals surface area contributed by atoms with Crippen LogP contribution in [0.2, 0.25) is 0 Å². The SMILES string of the molecule is CC#CCC(CSc1cccc(Br)c1)NN. The molecule has 1 rings (SSSR count). The van der Waals surface area contributed by atoms with Gasteiger partial charge in [-0.05, 0) is 25.1 Å². The summed E-state index contributed by atoms with van der Waals surface area (Å²) in [6, 6.07) is 8.48. The summed E-state index contributed by atoms with van der Waals surface area (Å²) in [5.41, 5.74) is 2.79. The first kappa shape index (κ1) is 13.6. The van der Waals surface area contributed by atoms with Gasteiger partial charge in [0.05, 0.1) is 0 Å². The molecule has 2 nitrogen and oxygen atoms in total. The normalized spacial score (nSPS) is 11.7. The minimum atomic E-state index is 0.233. The lowest BCUT2D eigenvalue weighted by molar-refractivity contribution is 0.591. The summed E-state index contributed by atoms with van der Waals surface area (Å²) in [6.07, 6.45) is 0.786. The number of rotatable bonds is 5. The molecular formula is C12H15BrN2S. The number of hydrogen-bond donors (Lipinski definition) is 2. The molecule has 0 spiro atoms. The molecule has 1 unspecified atom stereocenters. The van der Waals surface area contributed by atoms with Crippen LogP contribution in [0.3, 0.4) is 0 Å². The molecule has 0 bridgehead atoms. The first-order chi connectivity index (χ1) is 7.76. The molecule has 0 heterocycles. The number of halogens is 1. The molecule has 1 aromatic rings. The zero-order chi connectivity index (χ0) is 11.8. The Morgan fingerprint density at radius 3 is 3.00 bits per heavy atom. The second-order valence-electron chi connectivity index (χ2n) is 3.26. The van der Waals surface area contributed by atoms with Gasteiger partial charge in [0.15, 0.2) is 0 Å². The average molecular weight is 299 g/mol. The summed E-state index contributed by atoms with van der Waals surface area (Å²) in [6.45, 7) is 1.84. The van der Waals surface area contributed by atoms with Crippen molar-refractivity contribution in [2.24, 2.45) is 5.84 Å². The maximum atomic E-state index is 5.47. The fourth-order valence-corrected chi connectivity index (χ4v) is 2.69. The van der Waals surface area contributed by atoms with Crippen LogP contribution < -0.4 is 11.3 Å². The van der Waals surface area contributed by atoms with Crippen LogP contribution in [0, 0.1) is 11.8 Å². The first-order valence-corrected chi connectivity index (χ1v) is 6.78. The predicted molar refractivity (Wildman–Crippen MR) is 74.0 cm³/mol. The molecule has 0 aliphatic carbocycles. The second-order valence-corrected chi connectivity index (χ2v) is 5.27. The van der Waals surface area contributed by atoms with Gasteiger partial charge in [-0.25, -0.2) is 0 Å². The minimum Gasteiger partial charge on any atom is -0.271 e. The van der Waals surface area contributed by atoms with Crippen molar-refractivity contribution in [1.29, 1.82) is 0 Å². The van der Waals surface area contributed by atoms with E-state index in [4.69, 9.17) is 5.84 Å². The molecule has 0 radical (unpaired) electrons. The van der Waals surface area contributed by atoms with E-state index in [1.54, 1.807) is 11.8 Å². The predicted octanol–water partition coefficient (Wildman–Crippen LogP) is 2.79. The van der Waals surface area contributed by atoms with Gasteiger partial charge >= 0.3 is 0 Å². The molecule has 0 aliphatic heterocycles. The Balaban J connectivity index is 2.45. The molecule has 0 aliphatic rings. The molecule has 1 aromatic carbocycles. The van der Waals surface area contributed by atoms with Crippen molar-refractivity contribution in [2.45, 2.75) is 24.3 Å². The van der Waals surface area contributed by atoms with E-state index in [-0.39, 0.29) is 6.04 Å². The maximum absolute atomic E-state index is 5.47. The monoisotopic (exact) mass is 298 g/mol. The van der Waals surface area contributed by atoms with E-state index in [9.17, 15) is 0 Å². The number of nitrogens with one attached hydrogen (secondary N) is 1. The summed E-state index contributed by atoms with van der Waals surface area (Å²) in [4.78, 5) is 1.24. The topological polar surface area (TPSA) is 38.0 Å². The van der Waals surface area contributed by atoms with Crippen molar-refractivity contribution in [1.82, 2.24) is 5.43 Å². The summed E-state index contributed by atoms with van der Waals surface area (Å²) in [5.74, 6) is 12.3. The fraction of sp³-hybridized carbons (Fsp3) is 0.333. The number of thioether (sulfide) groups is 1. The van der Waals surface area contributed by atoms with E-state index in [1.807, 2.05) is 19.1 Å². The molecule has 0 saturated heterocycles. The highest BCUT2D eigenvalue weighted by Gasteiger charge is 2.05. The summed E-state index contributed by atoms with van der Waals surface area (Å²) in [5, 5.41) is 0. The number of nitrogens with two attached hydrogens (primary N) is 1. The highest BCUT2D eigenvalue weighted by Crippen LogP contribution is 2.22. The van der Waals surface area contributed by atoms with Gasteiger partial charge < -0.3 is 0 Å². The van der Waals surface area contributed by atoms with E-state index < -0.39 is 0 Å². The van der Waals surface area contributed by atoms with Crippen molar-refractivity contribution >= 4 is 27.7 Å². The zero-order valence-corrected chi connectivity index (χ0v) is 11.6. The van der Waals surface area contributed by atoms with Crippen LogP contribution in [-0.2, 0) is 0 Å². The molecule has 0 aromatic heterocycles. The lowest BCUT2D eigenvalue weighted by Crippen LogP contribution is -2.36. The van der Waals surface area contributed by atoms with E-state index in [0.717, 1.165) is 16.6 Å². The maximum Gasteiger partial charge on any atom is 0.0413 e.